The molecule has 0 bridgehead atoms. The second kappa shape index (κ2) is 7.38. The van der Waals surface area contributed by atoms with Crippen LogP contribution in [0.3, 0.4) is 0 Å². The van der Waals surface area contributed by atoms with Gasteiger partial charge in [-0.2, -0.15) is 0 Å². The van der Waals surface area contributed by atoms with E-state index in [0.717, 1.165) is 25.8 Å². The molecule has 2 rings (SSSR count). The summed E-state index contributed by atoms with van der Waals surface area (Å²) in [6.07, 6.45) is 10.9. The molecule has 1 aliphatic carbocycles. The first-order valence-electron chi connectivity index (χ1n) is 7.54. The smallest absolute Gasteiger partial charge is 0.221 e. The second-order valence-electron chi connectivity index (χ2n) is 5.64. The highest BCUT2D eigenvalue weighted by molar-refractivity contribution is 5.77. The van der Waals surface area contributed by atoms with E-state index in [1.54, 1.807) is 10.9 Å². The quantitative estimate of drug-likeness (QED) is 0.733. The van der Waals surface area contributed by atoms with Crippen LogP contribution in [0.4, 0.5) is 0 Å². The molecule has 20 heavy (non-hydrogen) atoms. The zero-order valence-corrected chi connectivity index (χ0v) is 12.3. The predicted octanol–water partition coefficient (Wildman–Crippen LogP) is 1.10. The average molecular weight is 279 g/mol. The van der Waals surface area contributed by atoms with Crippen LogP contribution in [0.5, 0.6) is 0 Å². The number of rotatable bonds is 7. The molecular formula is C14H25N5O. The van der Waals surface area contributed by atoms with Gasteiger partial charge >= 0.3 is 0 Å². The first kappa shape index (κ1) is 15.0. The summed E-state index contributed by atoms with van der Waals surface area (Å²) in [5.74, 6) is 0.153. The van der Waals surface area contributed by atoms with Gasteiger partial charge in [-0.25, -0.2) is 0 Å². The monoisotopic (exact) mass is 279 g/mol. The van der Waals surface area contributed by atoms with Gasteiger partial charge in [-0.15, -0.1) is 5.10 Å². The van der Waals surface area contributed by atoms with Gasteiger partial charge in [0.05, 0.1) is 6.20 Å². The van der Waals surface area contributed by atoms with Gasteiger partial charge in [0, 0.05) is 31.2 Å². The van der Waals surface area contributed by atoms with Crippen LogP contribution < -0.4 is 10.6 Å². The maximum atomic E-state index is 12.1. The number of hydrogen-bond donors (Lipinski definition) is 2. The highest BCUT2D eigenvalue weighted by Crippen LogP contribution is 2.30. The van der Waals surface area contributed by atoms with Gasteiger partial charge in [-0.1, -0.05) is 24.5 Å². The maximum absolute atomic E-state index is 12.1. The van der Waals surface area contributed by atoms with E-state index in [4.69, 9.17) is 0 Å². The summed E-state index contributed by atoms with van der Waals surface area (Å²) in [5, 5.41) is 14.0. The van der Waals surface area contributed by atoms with Crippen molar-refractivity contribution in [1.82, 2.24) is 25.6 Å². The third kappa shape index (κ3) is 4.30. The molecule has 1 aliphatic rings. The number of carbonyl (C=O) groups excluding carboxylic acids is 1. The molecule has 1 saturated carbocycles. The summed E-state index contributed by atoms with van der Waals surface area (Å²) in [6, 6.07) is 0. The molecule has 112 valence electrons. The lowest BCUT2D eigenvalue weighted by Crippen LogP contribution is -2.48. The highest BCUT2D eigenvalue weighted by atomic mass is 16.1. The Bertz CT molecular complexity index is 398. The lowest BCUT2D eigenvalue weighted by Gasteiger charge is -2.36. The van der Waals surface area contributed by atoms with Crippen LogP contribution >= 0.6 is 0 Å². The van der Waals surface area contributed by atoms with Crippen LogP contribution in [0.2, 0.25) is 0 Å². The van der Waals surface area contributed by atoms with Gasteiger partial charge < -0.3 is 10.6 Å². The van der Waals surface area contributed by atoms with Crippen LogP contribution in [0, 0.1) is 0 Å². The summed E-state index contributed by atoms with van der Waals surface area (Å²) in [4.78, 5) is 12.1. The molecule has 1 aromatic rings. The Hall–Kier alpha value is -1.43. The SMILES string of the molecule is CNC1(CC(=O)NCCCn2ccnn2)CCCCC1. The molecule has 6 nitrogen and oxygen atoms in total. The molecule has 0 atom stereocenters. The van der Waals surface area contributed by atoms with Crippen molar-refractivity contribution in [3.63, 3.8) is 0 Å². The molecule has 0 saturated heterocycles. The van der Waals surface area contributed by atoms with Crippen molar-refractivity contribution in [2.75, 3.05) is 13.6 Å². The second-order valence-corrected chi connectivity index (χ2v) is 5.64. The van der Waals surface area contributed by atoms with Crippen LogP contribution in [0.25, 0.3) is 0 Å². The Labute approximate surface area is 120 Å². The van der Waals surface area contributed by atoms with E-state index in [2.05, 4.69) is 20.9 Å². The van der Waals surface area contributed by atoms with Gasteiger partial charge in [0.1, 0.15) is 0 Å². The van der Waals surface area contributed by atoms with Gasteiger partial charge in [0.25, 0.3) is 0 Å². The van der Waals surface area contributed by atoms with Gasteiger partial charge in [0.2, 0.25) is 5.91 Å². The highest BCUT2D eigenvalue weighted by Gasteiger charge is 2.32. The van der Waals surface area contributed by atoms with Gasteiger partial charge in [-0.05, 0) is 26.3 Å². The largest absolute Gasteiger partial charge is 0.356 e. The number of nitrogens with one attached hydrogen (secondary N) is 2. The Morgan fingerprint density at radius 3 is 2.80 bits per heavy atom. The van der Waals surface area contributed by atoms with E-state index in [1.165, 1.54) is 19.3 Å². The molecule has 1 aromatic heterocycles. The minimum atomic E-state index is 0.0221. The molecule has 0 spiro atoms. The van der Waals surface area contributed by atoms with Crippen molar-refractivity contribution >= 4 is 5.91 Å². The van der Waals surface area contributed by atoms with Gasteiger partial charge in [-0.3, -0.25) is 9.48 Å². The number of amides is 1. The fourth-order valence-corrected chi connectivity index (χ4v) is 2.93. The summed E-state index contributed by atoms with van der Waals surface area (Å²) in [7, 11) is 1.98. The topological polar surface area (TPSA) is 71.8 Å². The van der Waals surface area contributed by atoms with E-state index in [0.29, 0.717) is 13.0 Å². The number of aryl methyl sites for hydroxylation is 1. The molecule has 1 fully saturated rings. The standard InChI is InChI=1S/C14H25N5O/c1-15-14(6-3-2-4-7-14)12-13(20)16-8-5-10-19-11-9-17-18-19/h9,11,15H,2-8,10,12H2,1H3,(H,16,20). The molecular weight excluding hydrogens is 254 g/mol. The lowest BCUT2D eigenvalue weighted by molar-refractivity contribution is -0.122. The Morgan fingerprint density at radius 2 is 2.15 bits per heavy atom. The van der Waals surface area contributed by atoms with Crippen molar-refractivity contribution in [1.29, 1.82) is 0 Å². The molecule has 1 heterocycles. The van der Waals surface area contributed by atoms with E-state index >= 15 is 0 Å². The fraction of sp³-hybridized carbons (Fsp3) is 0.786. The molecule has 0 radical (unpaired) electrons. The number of hydrogen-bond acceptors (Lipinski definition) is 4. The Balaban J connectivity index is 1.66. The normalized spacial score (nSPS) is 17.9. The molecule has 0 unspecified atom stereocenters. The predicted molar refractivity (Wildman–Crippen MR) is 77.1 cm³/mol. The minimum absolute atomic E-state index is 0.0221. The van der Waals surface area contributed by atoms with E-state index in [1.807, 2.05) is 13.2 Å². The van der Waals surface area contributed by atoms with Gasteiger partial charge in [0.15, 0.2) is 0 Å². The zero-order chi connectivity index (χ0) is 14.3. The van der Waals surface area contributed by atoms with Crippen LogP contribution in [0.15, 0.2) is 12.4 Å². The van der Waals surface area contributed by atoms with Crippen molar-refractivity contribution in [3.8, 4) is 0 Å². The molecule has 1 amide bonds. The third-order valence-electron chi connectivity index (χ3n) is 4.20. The van der Waals surface area contributed by atoms with Crippen molar-refractivity contribution in [3.05, 3.63) is 12.4 Å². The summed E-state index contributed by atoms with van der Waals surface area (Å²) >= 11 is 0. The molecule has 2 N–H and O–H groups in total. The Kier molecular flexibility index (Phi) is 5.52. The minimum Gasteiger partial charge on any atom is -0.356 e. The van der Waals surface area contributed by atoms with Crippen LogP contribution in [-0.2, 0) is 11.3 Å². The van der Waals surface area contributed by atoms with E-state index in [-0.39, 0.29) is 11.4 Å². The van der Waals surface area contributed by atoms with Crippen LogP contribution in [-0.4, -0.2) is 40.0 Å². The summed E-state index contributed by atoms with van der Waals surface area (Å²) in [6.45, 7) is 1.48. The lowest BCUT2D eigenvalue weighted by atomic mass is 9.79. The number of carbonyl (C=O) groups is 1. The van der Waals surface area contributed by atoms with Crippen molar-refractivity contribution in [2.45, 2.75) is 57.0 Å². The number of aromatic nitrogens is 3. The third-order valence-corrected chi connectivity index (χ3v) is 4.20. The van der Waals surface area contributed by atoms with E-state index < -0.39 is 0 Å². The first-order valence-corrected chi connectivity index (χ1v) is 7.54. The Morgan fingerprint density at radius 1 is 1.35 bits per heavy atom. The number of nitrogens with zero attached hydrogens (tertiary/aromatic N) is 3. The maximum Gasteiger partial charge on any atom is 0.221 e. The molecule has 0 aromatic carbocycles. The summed E-state index contributed by atoms with van der Waals surface area (Å²) < 4.78 is 1.78. The average Bonchev–Trinajstić information content (AvgIpc) is 2.98. The fourth-order valence-electron chi connectivity index (χ4n) is 2.93. The van der Waals surface area contributed by atoms with Crippen molar-refractivity contribution < 1.29 is 4.79 Å². The summed E-state index contributed by atoms with van der Waals surface area (Å²) in [5.41, 5.74) is 0.0221. The van der Waals surface area contributed by atoms with Crippen molar-refractivity contribution in [2.24, 2.45) is 0 Å². The molecule has 0 aliphatic heterocycles. The molecule has 6 heteroatoms. The van der Waals surface area contributed by atoms with E-state index in [9.17, 15) is 4.79 Å². The van der Waals surface area contributed by atoms with Crippen LogP contribution in [0.1, 0.15) is 44.9 Å². The first-order chi connectivity index (χ1) is 9.74. The zero-order valence-electron chi connectivity index (χ0n) is 12.3.